The average molecular weight is 378 g/mol. The number of rotatable bonds is 3. The highest BCUT2D eigenvalue weighted by atomic mass is 16.5. The molecule has 0 unspecified atom stereocenters. The summed E-state index contributed by atoms with van der Waals surface area (Å²) in [5.74, 6) is -0.0616. The number of para-hydroxylation sites is 1. The van der Waals surface area contributed by atoms with Crippen molar-refractivity contribution < 1.29 is 14.6 Å². The molecule has 0 fully saturated rings. The monoisotopic (exact) mass is 378 g/mol. The van der Waals surface area contributed by atoms with Crippen LogP contribution < -0.4 is 15.4 Å². The van der Waals surface area contributed by atoms with E-state index in [0.29, 0.717) is 24.8 Å². The van der Waals surface area contributed by atoms with Gasteiger partial charge in [0, 0.05) is 18.5 Å². The molecule has 1 aliphatic heterocycles. The van der Waals surface area contributed by atoms with Gasteiger partial charge >= 0.3 is 0 Å². The Kier molecular flexibility index (Phi) is 5.23. The predicted molar refractivity (Wildman–Crippen MR) is 106 cm³/mol. The minimum Gasteiger partial charge on any atom is -0.507 e. The molecule has 1 heterocycles. The molecule has 0 saturated heterocycles. The summed E-state index contributed by atoms with van der Waals surface area (Å²) in [6.07, 6.45) is 0. The summed E-state index contributed by atoms with van der Waals surface area (Å²) in [7, 11) is 0. The number of carbonyl (C=O) groups is 1. The van der Waals surface area contributed by atoms with Crippen LogP contribution in [0.5, 0.6) is 17.2 Å². The molecule has 2 aromatic carbocycles. The standard InChI is InChI=1S/C21H22N4O3/c1-13-6-4-5-7-16(13)28-18-14(10-22)8-9-15(26)17(18)19(27)25-20-23-11-21(2,3)12-24-20/h4-9,26H,11-12H2,1-3H3,(H2,23,24,25,27). The number of hydrogen-bond acceptors (Lipinski definition) is 6. The molecule has 0 saturated carbocycles. The molecule has 0 aromatic heterocycles. The van der Waals surface area contributed by atoms with Gasteiger partial charge < -0.3 is 15.2 Å². The molecule has 0 bridgehead atoms. The molecular formula is C21H22N4O3. The fraction of sp³-hybridized carbons (Fsp3) is 0.286. The van der Waals surface area contributed by atoms with E-state index < -0.39 is 5.91 Å². The van der Waals surface area contributed by atoms with Crippen molar-refractivity contribution in [2.75, 3.05) is 13.1 Å². The summed E-state index contributed by atoms with van der Waals surface area (Å²) in [6.45, 7) is 7.21. The van der Waals surface area contributed by atoms with Gasteiger partial charge in [0.05, 0.1) is 5.56 Å². The van der Waals surface area contributed by atoms with Crippen molar-refractivity contribution in [2.45, 2.75) is 20.8 Å². The molecule has 1 aliphatic rings. The Morgan fingerprint density at radius 1 is 1.32 bits per heavy atom. The maximum Gasteiger partial charge on any atom is 0.265 e. The smallest absolute Gasteiger partial charge is 0.265 e. The second-order valence-electron chi connectivity index (χ2n) is 7.45. The van der Waals surface area contributed by atoms with Crippen LogP contribution >= 0.6 is 0 Å². The lowest BCUT2D eigenvalue weighted by atomic mass is 9.93. The van der Waals surface area contributed by atoms with Crippen LogP contribution in [-0.4, -0.2) is 30.1 Å². The highest BCUT2D eigenvalue weighted by Gasteiger charge is 2.26. The van der Waals surface area contributed by atoms with Crippen LogP contribution in [0.3, 0.4) is 0 Å². The highest BCUT2D eigenvalue weighted by Crippen LogP contribution is 2.35. The lowest BCUT2D eigenvalue weighted by Crippen LogP contribution is -2.49. The molecule has 0 spiro atoms. The van der Waals surface area contributed by atoms with Crippen LogP contribution in [0.25, 0.3) is 0 Å². The number of hydrogen-bond donors (Lipinski definition) is 3. The number of amides is 1. The van der Waals surface area contributed by atoms with Gasteiger partial charge in [0.25, 0.3) is 5.91 Å². The summed E-state index contributed by atoms with van der Waals surface area (Å²) in [6, 6.07) is 12.0. The Hall–Kier alpha value is -3.53. The molecule has 3 N–H and O–H groups in total. The molecule has 0 radical (unpaired) electrons. The first-order valence-electron chi connectivity index (χ1n) is 8.90. The van der Waals surface area contributed by atoms with Crippen molar-refractivity contribution in [3.63, 3.8) is 0 Å². The van der Waals surface area contributed by atoms with E-state index in [-0.39, 0.29) is 28.0 Å². The van der Waals surface area contributed by atoms with Gasteiger partial charge in [0.15, 0.2) is 11.7 Å². The van der Waals surface area contributed by atoms with E-state index in [1.807, 2.05) is 25.1 Å². The molecular weight excluding hydrogens is 356 g/mol. The average Bonchev–Trinajstić information content (AvgIpc) is 2.65. The number of nitriles is 1. The van der Waals surface area contributed by atoms with Gasteiger partial charge in [-0.1, -0.05) is 32.0 Å². The van der Waals surface area contributed by atoms with Crippen LogP contribution in [0.4, 0.5) is 0 Å². The number of phenols is 1. The lowest BCUT2D eigenvalue weighted by molar-refractivity contribution is 0.0969. The van der Waals surface area contributed by atoms with Gasteiger partial charge in [0.2, 0.25) is 0 Å². The number of guanidine groups is 1. The Morgan fingerprint density at radius 2 is 2.07 bits per heavy atom. The van der Waals surface area contributed by atoms with Crippen molar-refractivity contribution in [3.05, 3.63) is 53.1 Å². The van der Waals surface area contributed by atoms with Crippen LogP contribution in [0.1, 0.15) is 35.3 Å². The second-order valence-corrected chi connectivity index (χ2v) is 7.45. The van der Waals surface area contributed by atoms with E-state index in [2.05, 4.69) is 29.5 Å². The van der Waals surface area contributed by atoms with Crippen molar-refractivity contribution in [1.29, 1.82) is 5.26 Å². The number of benzene rings is 2. The quantitative estimate of drug-likeness (QED) is 0.761. The number of nitrogens with one attached hydrogen (secondary N) is 2. The number of aromatic hydroxyl groups is 1. The van der Waals surface area contributed by atoms with E-state index in [4.69, 9.17) is 4.74 Å². The van der Waals surface area contributed by atoms with Crippen LogP contribution in [0, 0.1) is 23.7 Å². The number of ether oxygens (including phenoxy) is 1. The lowest BCUT2D eigenvalue weighted by Gasteiger charge is -2.29. The fourth-order valence-corrected chi connectivity index (χ4v) is 2.75. The summed E-state index contributed by atoms with van der Waals surface area (Å²) < 4.78 is 5.88. The molecule has 7 nitrogen and oxygen atoms in total. The van der Waals surface area contributed by atoms with E-state index in [1.54, 1.807) is 12.1 Å². The summed E-state index contributed by atoms with van der Waals surface area (Å²) in [4.78, 5) is 17.2. The molecule has 7 heteroatoms. The number of aliphatic imine (C=N–C) groups is 1. The van der Waals surface area contributed by atoms with Gasteiger partial charge in [-0.3, -0.25) is 15.1 Å². The van der Waals surface area contributed by atoms with Crippen molar-refractivity contribution >= 4 is 11.9 Å². The van der Waals surface area contributed by atoms with E-state index in [9.17, 15) is 15.2 Å². The van der Waals surface area contributed by atoms with Gasteiger partial charge in [0.1, 0.15) is 23.1 Å². The van der Waals surface area contributed by atoms with E-state index in [1.165, 1.54) is 12.1 Å². The van der Waals surface area contributed by atoms with Crippen LogP contribution in [0.15, 0.2) is 41.4 Å². The third-order valence-electron chi connectivity index (χ3n) is 4.42. The Labute approximate surface area is 163 Å². The second kappa shape index (κ2) is 7.61. The van der Waals surface area contributed by atoms with E-state index in [0.717, 1.165) is 5.56 Å². The molecule has 0 aliphatic carbocycles. The predicted octanol–water partition coefficient (Wildman–Crippen LogP) is 3.08. The molecule has 28 heavy (non-hydrogen) atoms. The summed E-state index contributed by atoms with van der Waals surface area (Å²) >= 11 is 0. The molecule has 2 aromatic rings. The zero-order valence-electron chi connectivity index (χ0n) is 16.0. The zero-order chi connectivity index (χ0) is 20.3. The summed E-state index contributed by atoms with van der Waals surface area (Å²) in [5, 5.41) is 25.5. The third-order valence-corrected chi connectivity index (χ3v) is 4.42. The normalized spacial score (nSPS) is 15.0. The largest absolute Gasteiger partial charge is 0.507 e. The van der Waals surface area contributed by atoms with Crippen molar-refractivity contribution in [1.82, 2.24) is 10.6 Å². The van der Waals surface area contributed by atoms with Crippen molar-refractivity contribution in [2.24, 2.45) is 10.4 Å². The summed E-state index contributed by atoms with van der Waals surface area (Å²) in [5.41, 5.74) is 0.861. The molecule has 3 rings (SSSR count). The van der Waals surface area contributed by atoms with Crippen LogP contribution in [-0.2, 0) is 0 Å². The zero-order valence-corrected chi connectivity index (χ0v) is 16.0. The van der Waals surface area contributed by atoms with Gasteiger partial charge in [-0.05, 0) is 30.7 Å². The Morgan fingerprint density at radius 3 is 2.71 bits per heavy atom. The first kappa shape index (κ1) is 19.2. The number of carbonyl (C=O) groups excluding carboxylic acids is 1. The molecule has 144 valence electrons. The number of phenolic OH excluding ortho intramolecular Hbond substituents is 1. The first-order chi connectivity index (χ1) is 13.3. The van der Waals surface area contributed by atoms with Gasteiger partial charge in [-0.15, -0.1) is 0 Å². The first-order valence-corrected chi connectivity index (χ1v) is 8.90. The third kappa shape index (κ3) is 4.07. The minimum absolute atomic E-state index is 0.00377. The molecule has 0 atom stereocenters. The SMILES string of the molecule is Cc1ccccc1Oc1c(C#N)ccc(O)c1C(=O)NC1=NCC(C)(C)CN1. The minimum atomic E-state index is -0.607. The molecule has 1 amide bonds. The number of aryl methyl sites for hydroxylation is 1. The maximum absolute atomic E-state index is 12.9. The topological polar surface area (TPSA) is 107 Å². The fourth-order valence-electron chi connectivity index (χ4n) is 2.75. The Bertz CT molecular complexity index is 990. The van der Waals surface area contributed by atoms with Gasteiger partial charge in [-0.25, -0.2) is 0 Å². The van der Waals surface area contributed by atoms with Crippen LogP contribution in [0.2, 0.25) is 0 Å². The highest BCUT2D eigenvalue weighted by molar-refractivity contribution is 6.09. The Balaban J connectivity index is 1.96. The maximum atomic E-state index is 12.9. The van der Waals surface area contributed by atoms with E-state index >= 15 is 0 Å². The number of nitrogens with zero attached hydrogens (tertiary/aromatic N) is 2. The van der Waals surface area contributed by atoms with Crippen molar-refractivity contribution in [3.8, 4) is 23.3 Å². The van der Waals surface area contributed by atoms with Gasteiger partial charge in [-0.2, -0.15) is 5.26 Å².